The third kappa shape index (κ3) is 3.99. The highest BCUT2D eigenvalue weighted by Gasteiger charge is 2.32. The molecule has 3 unspecified atom stereocenters. The highest BCUT2D eigenvalue weighted by Crippen LogP contribution is 2.38. The maximum atomic E-state index is 12.9. The van der Waals surface area contributed by atoms with E-state index in [1.165, 1.54) is 17.5 Å². The van der Waals surface area contributed by atoms with Crippen molar-refractivity contribution in [2.45, 2.75) is 38.0 Å². The van der Waals surface area contributed by atoms with Crippen LogP contribution in [0.25, 0.3) is 10.2 Å². The number of fused-ring (bicyclic) bond motifs is 1. The van der Waals surface area contributed by atoms with Crippen LogP contribution in [0.3, 0.4) is 0 Å². The van der Waals surface area contributed by atoms with E-state index in [0.717, 1.165) is 49.4 Å². The summed E-state index contributed by atoms with van der Waals surface area (Å²) in [6.07, 6.45) is 9.69. The van der Waals surface area contributed by atoms with Crippen LogP contribution >= 0.6 is 11.3 Å². The first-order chi connectivity index (χ1) is 12.8. The van der Waals surface area contributed by atoms with Crippen LogP contribution in [0.4, 0.5) is 0 Å². The molecule has 1 aromatic carbocycles. The third-order valence-corrected chi connectivity index (χ3v) is 6.82. The lowest BCUT2D eigenvalue weighted by molar-refractivity contribution is -0.125. The van der Waals surface area contributed by atoms with Gasteiger partial charge in [0.1, 0.15) is 0 Å². The number of benzene rings is 1. The number of para-hydroxylation sites is 1. The minimum atomic E-state index is 0.00467. The normalized spacial score (nSPS) is 26.1. The topological polar surface area (TPSA) is 54.0 Å². The molecule has 3 atom stereocenters. The van der Waals surface area contributed by atoms with Crippen molar-refractivity contribution in [3.8, 4) is 0 Å². The number of amides is 1. The van der Waals surface area contributed by atoms with Crippen LogP contribution in [0.5, 0.6) is 0 Å². The van der Waals surface area contributed by atoms with E-state index in [1.54, 1.807) is 11.3 Å². The molecule has 1 amide bonds. The van der Waals surface area contributed by atoms with E-state index in [1.807, 2.05) is 6.07 Å². The lowest BCUT2D eigenvalue weighted by Gasteiger charge is -2.27. The number of nitrogens with one attached hydrogen (secondary N) is 2. The second kappa shape index (κ2) is 8.31. The Labute approximate surface area is 159 Å². The second-order valence-corrected chi connectivity index (χ2v) is 8.53. The predicted molar refractivity (Wildman–Crippen MR) is 107 cm³/mol. The molecule has 2 heterocycles. The average Bonchev–Trinajstić information content (AvgIpc) is 3.13. The van der Waals surface area contributed by atoms with Crippen LogP contribution in [0.1, 0.15) is 43.0 Å². The molecule has 4 nitrogen and oxygen atoms in total. The summed E-state index contributed by atoms with van der Waals surface area (Å²) < 4.78 is 1.21. The van der Waals surface area contributed by atoms with Gasteiger partial charge >= 0.3 is 0 Å². The SMILES string of the molecule is O=C(NCCC1CCCNC1)C1CC=CCC1c1nc2ccccc2s1. The van der Waals surface area contributed by atoms with E-state index in [2.05, 4.69) is 41.0 Å². The van der Waals surface area contributed by atoms with Gasteiger partial charge in [0.2, 0.25) is 5.91 Å². The average molecular weight is 370 g/mol. The highest BCUT2D eigenvalue weighted by molar-refractivity contribution is 7.18. The van der Waals surface area contributed by atoms with Crippen molar-refractivity contribution in [1.29, 1.82) is 0 Å². The molecule has 0 saturated carbocycles. The lowest BCUT2D eigenvalue weighted by Crippen LogP contribution is -2.37. The van der Waals surface area contributed by atoms with Gasteiger partial charge in [-0.15, -0.1) is 11.3 Å². The minimum Gasteiger partial charge on any atom is -0.356 e. The number of hydrogen-bond donors (Lipinski definition) is 2. The first-order valence-electron chi connectivity index (χ1n) is 9.80. The zero-order valence-electron chi connectivity index (χ0n) is 15.1. The molecule has 2 N–H and O–H groups in total. The fraction of sp³-hybridized carbons (Fsp3) is 0.524. The Morgan fingerprint density at radius 2 is 2.15 bits per heavy atom. The molecule has 1 aromatic heterocycles. The van der Waals surface area contributed by atoms with Crippen LogP contribution in [0.2, 0.25) is 0 Å². The Hall–Kier alpha value is -1.72. The van der Waals surface area contributed by atoms with Crippen molar-refractivity contribution >= 4 is 27.5 Å². The molecule has 1 fully saturated rings. The van der Waals surface area contributed by atoms with E-state index >= 15 is 0 Å². The largest absolute Gasteiger partial charge is 0.356 e. The number of thiazole rings is 1. The monoisotopic (exact) mass is 369 g/mol. The molecule has 1 aliphatic carbocycles. The van der Waals surface area contributed by atoms with Gasteiger partial charge in [0.25, 0.3) is 0 Å². The number of rotatable bonds is 5. The summed E-state index contributed by atoms with van der Waals surface area (Å²) in [5.41, 5.74) is 1.05. The molecule has 5 heteroatoms. The van der Waals surface area contributed by atoms with Gasteiger partial charge in [0.05, 0.1) is 21.1 Å². The van der Waals surface area contributed by atoms with Crippen LogP contribution < -0.4 is 10.6 Å². The number of carbonyl (C=O) groups is 1. The number of aromatic nitrogens is 1. The Morgan fingerprint density at radius 3 is 3.00 bits per heavy atom. The summed E-state index contributed by atoms with van der Waals surface area (Å²) in [7, 11) is 0. The standard InChI is InChI=1S/C21H27N3OS/c25-20(23-13-11-15-6-5-12-22-14-15)16-7-1-2-8-17(16)21-24-18-9-3-4-10-19(18)26-21/h1-4,9-10,15-17,22H,5-8,11-14H2,(H,23,25). The van der Waals surface area contributed by atoms with E-state index in [4.69, 9.17) is 4.98 Å². The van der Waals surface area contributed by atoms with Gasteiger partial charge in [-0.2, -0.15) is 0 Å². The van der Waals surface area contributed by atoms with Crippen LogP contribution in [-0.4, -0.2) is 30.5 Å². The van der Waals surface area contributed by atoms with Crippen LogP contribution in [0, 0.1) is 11.8 Å². The fourth-order valence-corrected chi connectivity index (χ4v) is 5.27. The first kappa shape index (κ1) is 17.7. The minimum absolute atomic E-state index is 0.00467. The van der Waals surface area contributed by atoms with Crippen molar-refractivity contribution < 1.29 is 4.79 Å². The molecule has 0 radical (unpaired) electrons. The van der Waals surface area contributed by atoms with E-state index in [9.17, 15) is 4.79 Å². The third-order valence-electron chi connectivity index (χ3n) is 5.65. The van der Waals surface area contributed by atoms with Gasteiger partial charge in [0, 0.05) is 12.5 Å². The summed E-state index contributed by atoms with van der Waals surface area (Å²) in [6.45, 7) is 3.02. The van der Waals surface area contributed by atoms with Crippen molar-refractivity contribution in [3.63, 3.8) is 0 Å². The van der Waals surface area contributed by atoms with Gasteiger partial charge in [-0.1, -0.05) is 24.3 Å². The molecule has 0 spiro atoms. The van der Waals surface area contributed by atoms with Gasteiger partial charge in [0.15, 0.2) is 0 Å². The molecule has 4 rings (SSSR count). The highest BCUT2D eigenvalue weighted by atomic mass is 32.1. The number of hydrogen-bond acceptors (Lipinski definition) is 4. The maximum absolute atomic E-state index is 12.9. The molecule has 1 saturated heterocycles. The summed E-state index contributed by atoms with van der Waals surface area (Å²) in [5.74, 6) is 1.11. The summed E-state index contributed by atoms with van der Waals surface area (Å²) in [5, 5.41) is 7.76. The van der Waals surface area contributed by atoms with Crippen molar-refractivity contribution in [2.24, 2.45) is 11.8 Å². The summed E-state index contributed by atoms with van der Waals surface area (Å²) >= 11 is 1.74. The van der Waals surface area contributed by atoms with Crippen molar-refractivity contribution in [3.05, 3.63) is 41.4 Å². The molecule has 1 aliphatic heterocycles. The van der Waals surface area contributed by atoms with Gasteiger partial charge in [-0.05, 0) is 63.2 Å². The maximum Gasteiger partial charge on any atom is 0.224 e. The van der Waals surface area contributed by atoms with E-state index < -0.39 is 0 Å². The Balaban J connectivity index is 1.40. The Kier molecular flexibility index (Phi) is 5.65. The van der Waals surface area contributed by atoms with Crippen molar-refractivity contribution in [1.82, 2.24) is 15.6 Å². The zero-order chi connectivity index (χ0) is 17.8. The molecule has 2 aliphatic rings. The van der Waals surface area contributed by atoms with Crippen LogP contribution in [0.15, 0.2) is 36.4 Å². The van der Waals surface area contributed by atoms with Gasteiger partial charge in [-0.3, -0.25) is 4.79 Å². The van der Waals surface area contributed by atoms with E-state index in [-0.39, 0.29) is 17.7 Å². The van der Waals surface area contributed by atoms with E-state index in [0.29, 0.717) is 5.92 Å². The predicted octanol–water partition coefficient (Wildman–Crippen LogP) is 3.85. The molecular formula is C21H27N3OS. The molecule has 26 heavy (non-hydrogen) atoms. The zero-order valence-corrected chi connectivity index (χ0v) is 15.9. The Morgan fingerprint density at radius 1 is 1.27 bits per heavy atom. The lowest BCUT2D eigenvalue weighted by atomic mass is 9.82. The fourth-order valence-electron chi connectivity index (χ4n) is 4.13. The number of allylic oxidation sites excluding steroid dienone is 2. The van der Waals surface area contributed by atoms with Gasteiger partial charge < -0.3 is 10.6 Å². The quantitative estimate of drug-likeness (QED) is 0.787. The first-order valence-corrected chi connectivity index (χ1v) is 10.6. The molecule has 2 aromatic rings. The molecule has 0 bridgehead atoms. The van der Waals surface area contributed by atoms with Gasteiger partial charge in [-0.25, -0.2) is 4.98 Å². The molecular weight excluding hydrogens is 342 g/mol. The summed E-state index contributed by atoms with van der Waals surface area (Å²) in [4.78, 5) is 17.7. The molecule has 138 valence electrons. The number of nitrogens with zero attached hydrogens (tertiary/aromatic N) is 1. The van der Waals surface area contributed by atoms with Crippen molar-refractivity contribution in [2.75, 3.05) is 19.6 Å². The van der Waals surface area contributed by atoms with Crippen LogP contribution in [-0.2, 0) is 4.79 Å². The number of piperidine rings is 1. The smallest absolute Gasteiger partial charge is 0.224 e. The summed E-state index contributed by atoms with van der Waals surface area (Å²) in [6, 6.07) is 8.25. The number of carbonyl (C=O) groups excluding carboxylic acids is 1. The second-order valence-electron chi connectivity index (χ2n) is 7.47. The Bertz CT molecular complexity index is 745.